The predicted molar refractivity (Wildman–Crippen MR) is 217 cm³/mol. The number of para-hydroxylation sites is 3. The highest BCUT2D eigenvalue weighted by Crippen LogP contribution is 2.51. The van der Waals surface area contributed by atoms with Gasteiger partial charge in [0.2, 0.25) is 0 Å². The largest absolute Gasteiger partial charge is 0.485 e. The van der Waals surface area contributed by atoms with Crippen LogP contribution in [0.1, 0.15) is 22.6 Å². The molecule has 2 atom stereocenters. The number of fused-ring (bicyclic) bond motifs is 7. The van der Waals surface area contributed by atoms with E-state index in [9.17, 15) is 0 Å². The van der Waals surface area contributed by atoms with Crippen LogP contribution in [-0.4, -0.2) is 21.1 Å². The van der Waals surface area contributed by atoms with E-state index in [1.54, 1.807) is 0 Å². The Bertz CT molecular complexity index is 2980. The Labute approximate surface area is 311 Å². The highest BCUT2D eigenvalue weighted by atomic mass is 16.5. The first-order valence-corrected chi connectivity index (χ1v) is 18.3. The van der Waals surface area contributed by atoms with Crippen molar-refractivity contribution in [2.24, 2.45) is 0 Å². The third-order valence-electron chi connectivity index (χ3n) is 10.7. The molecular weight excluding hydrogens is 663 g/mol. The van der Waals surface area contributed by atoms with Gasteiger partial charge in [-0.2, -0.15) is 0 Å². The van der Waals surface area contributed by atoms with E-state index in [4.69, 9.17) is 24.1 Å². The lowest BCUT2D eigenvalue weighted by molar-refractivity contribution is 0.272. The zero-order valence-corrected chi connectivity index (χ0v) is 29.1. The summed E-state index contributed by atoms with van der Waals surface area (Å²) in [5.74, 6) is 2.76. The molecule has 5 heteroatoms. The molecule has 2 unspecified atom stereocenters. The maximum Gasteiger partial charge on any atom is 0.167 e. The molecule has 11 rings (SSSR count). The molecule has 5 nitrogen and oxygen atoms in total. The first-order chi connectivity index (χ1) is 26.8. The fourth-order valence-corrected chi connectivity index (χ4v) is 8.25. The molecule has 254 valence electrons. The summed E-state index contributed by atoms with van der Waals surface area (Å²) in [5.41, 5.74) is 10.2. The first-order valence-electron chi connectivity index (χ1n) is 18.3. The van der Waals surface area contributed by atoms with Crippen molar-refractivity contribution in [3.63, 3.8) is 0 Å². The minimum Gasteiger partial charge on any atom is -0.485 e. The molecule has 2 aromatic heterocycles. The van der Waals surface area contributed by atoms with Gasteiger partial charge in [-0.25, -0.2) is 15.0 Å². The fraction of sp³-hybridized carbons (Fsp3) is 0.0408. The third-order valence-corrected chi connectivity index (χ3v) is 10.7. The predicted octanol–water partition coefficient (Wildman–Crippen LogP) is 12.0. The fourth-order valence-electron chi connectivity index (χ4n) is 8.25. The Morgan fingerprint density at radius 3 is 1.87 bits per heavy atom. The van der Waals surface area contributed by atoms with E-state index in [2.05, 4.69) is 109 Å². The van der Waals surface area contributed by atoms with Gasteiger partial charge in [0.15, 0.2) is 17.5 Å². The zero-order chi connectivity index (χ0) is 35.6. The van der Waals surface area contributed by atoms with Crippen LogP contribution in [0.4, 0.5) is 0 Å². The SMILES string of the molecule is C1=C(c2ccccc2)C=C(c2ccc(-c3nc(-c4ccccc4)nc(-c4cccc5c4oc4ccccc45)n3)c3ccccc23)C2c3ccccc3OC12. The molecule has 0 saturated heterocycles. The van der Waals surface area contributed by atoms with Crippen LogP contribution in [0, 0.1) is 0 Å². The number of aromatic nitrogens is 3. The number of furan rings is 1. The van der Waals surface area contributed by atoms with Gasteiger partial charge >= 0.3 is 0 Å². The first kappa shape index (κ1) is 30.5. The normalized spacial score (nSPS) is 16.1. The van der Waals surface area contributed by atoms with Crippen molar-refractivity contribution in [1.82, 2.24) is 15.0 Å². The summed E-state index contributed by atoms with van der Waals surface area (Å²) in [4.78, 5) is 15.4. The van der Waals surface area contributed by atoms with Crippen molar-refractivity contribution in [3.8, 4) is 39.9 Å². The number of allylic oxidation sites excluding steroid dienone is 2. The molecule has 54 heavy (non-hydrogen) atoms. The molecule has 0 amide bonds. The molecule has 0 N–H and O–H groups in total. The third kappa shape index (κ3) is 4.90. The van der Waals surface area contributed by atoms with E-state index in [0.29, 0.717) is 17.5 Å². The van der Waals surface area contributed by atoms with Crippen molar-refractivity contribution >= 4 is 43.9 Å². The highest BCUT2D eigenvalue weighted by molar-refractivity contribution is 6.09. The van der Waals surface area contributed by atoms with E-state index < -0.39 is 0 Å². The molecule has 2 aliphatic rings. The highest BCUT2D eigenvalue weighted by Gasteiger charge is 2.39. The van der Waals surface area contributed by atoms with Crippen LogP contribution in [-0.2, 0) is 0 Å². The second-order valence-corrected chi connectivity index (χ2v) is 13.8. The maximum absolute atomic E-state index is 6.63. The Morgan fingerprint density at radius 2 is 1.06 bits per heavy atom. The second kappa shape index (κ2) is 12.2. The van der Waals surface area contributed by atoms with Gasteiger partial charge < -0.3 is 9.15 Å². The van der Waals surface area contributed by atoms with Crippen LogP contribution in [0.2, 0.25) is 0 Å². The number of benzene rings is 7. The Kier molecular flexibility index (Phi) is 6.92. The average molecular weight is 694 g/mol. The van der Waals surface area contributed by atoms with Crippen molar-refractivity contribution in [2.45, 2.75) is 12.0 Å². The minimum atomic E-state index is -0.114. The lowest BCUT2D eigenvalue weighted by Crippen LogP contribution is -2.21. The van der Waals surface area contributed by atoms with Crippen LogP contribution < -0.4 is 4.74 Å². The van der Waals surface area contributed by atoms with Crippen molar-refractivity contribution < 1.29 is 9.15 Å². The van der Waals surface area contributed by atoms with Gasteiger partial charge in [0.05, 0.1) is 11.5 Å². The molecule has 0 saturated carbocycles. The summed E-state index contributed by atoms with van der Waals surface area (Å²) in [6, 6.07) is 56.4. The summed E-state index contributed by atoms with van der Waals surface area (Å²) >= 11 is 0. The van der Waals surface area contributed by atoms with Crippen LogP contribution in [0.15, 0.2) is 180 Å². The number of ether oxygens (including phenoxy) is 1. The molecule has 0 spiro atoms. The van der Waals surface area contributed by atoms with E-state index in [0.717, 1.165) is 66.3 Å². The number of hydrogen-bond acceptors (Lipinski definition) is 5. The number of nitrogens with zero attached hydrogens (tertiary/aromatic N) is 3. The quantitative estimate of drug-likeness (QED) is 0.180. The summed E-state index contributed by atoms with van der Waals surface area (Å²) in [7, 11) is 0. The van der Waals surface area contributed by atoms with Crippen molar-refractivity contribution in [3.05, 3.63) is 193 Å². The van der Waals surface area contributed by atoms with Gasteiger partial charge in [-0.15, -0.1) is 0 Å². The van der Waals surface area contributed by atoms with Crippen LogP contribution in [0.5, 0.6) is 5.75 Å². The molecule has 0 bridgehead atoms. The molecule has 0 radical (unpaired) electrons. The van der Waals surface area contributed by atoms with Crippen LogP contribution in [0.25, 0.3) is 78.0 Å². The maximum atomic E-state index is 6.63. The summed E-state index contributed by atoms with van der Waals surface area (Å²) in [6.45, 7) is 0. The van der Waals surface area contributed by atoms with Gasteiger partial charge in [0.25, 0.3) is 0 Å². The lowest BCUT2D eigenvalue weighted by atomic mass is 9.77. The summed E-state index contributed by atoms with van der Waals surface area (Å²) < 4.78 is 13.1. The van der Waals surface area contributed by atoms with E-state index in [1.807, 2.05) is 66.7 Å². The van der Waals surface area contributed by atoms with Gasteiger partial charge in [-0.3, -0.25) is 0 Å². The van der Waals surface area contributed by atoms with Crippen LogP contribution in [0.3, 0.4) is 0 Å². The molecule has 1 aliphatic carbocycles. The van der Waals surface area contributed by atoms with Crippen LogP contribution >= 0.6 is 0 Å². The lowest BCUT2D eigenvalue weighted by Gasteiger charge is -2.27. The van der Waals surface area contributed by atoms with Gasteiger partial charge in [0.1, 0.15) is 23.0 Å². The topological polar surface area (TPSA) is 61.0 Å². The molecular formula is C49H31N3O2. The van der Waals surface area contributed by atoms with Gasteiger partial charge in [0, 0.05) is 27.5 Å². The monoisotopic (exact) mass is 693 g/mol. The second-order valence-electron chi connectivity index (χ2n) is 13.8. The van der Waals surface area contributed by atoms with E-state index >= 15 is 0 Å². The van der Waals surface area contributed by atoms with Crippen molar-refractivity contribution in [2.75, 3.05) is 0 Å². The molecule has 3 heterocycles. The van der Waals surface area contributed by atoms with Crippen molar-refractivity contribution in [1.29, 1.82) is 0 Å². The number of rotatable bonds is 5. The smallest absolute Gasteiger partial charge is 0.167 e. The summed E-state index contributed by atoms with van der Waals surface area (Å²) in [5, 5.41) is 4.28. The summed E-state index contributed by atoms with van der Waals surface area (Å²) in [6.07, 6.45) is 4.52. The Hall–Kier alpha value is -7.11. The Balaban J connectivity index is 1.12. The molecule has 7 aromatic carbocycles. The van der Waals surface area contributed by atoms with E-state index in [1.165, 1.54) is 16.7 Å². The standard InChI is InChI=1S/C49H31N3O2/c1-3-14-30(15-4-1)32-28-41(45-39-21-10-12-25-43(39)53-44(45)29-32)35-26-27-38(34-19-8-7-18-33(34)35)48-50-47(31-16-5-2-6-17-31)51-49(52-48)40-23-13-22-37-36-20-9-11-24-42(36)54-46(37)40/h1-29,44-45H. The average Bonchev–Trinajstić information content (AvgIpc) is 3.82. The molecule has 1 aliphatic heterocycles. The Morgan fingerprint density at radius 1 is 0.444 bits per heavy atom. The number of hydrogen-bond donors (Lipinski definition) is 0. The van der Waals surface area contributed by atoms with Gasteiger partial charge in [-0.05, 0) is 69.5 Å². The van der Waals surface area contributed by atoms with Gasteiger partial charge in [-0.1, -0.05) is 140 Å². The zero-order valence-electron chi connectivity index (χ0n) is 29.1. The molecule has 0 fully saturated rings. The molecule has 9 aromatic rings. The minimum absolute atomic E-state index is 0.0562. The van der Waals surface area contributed by atoms with E-state index in [-0.39, 0.29) is 12.0 Å².